The molecule has 2 N–H and O–H groups in total. The summed E-state index contributed by atoms with van der Waals surface area (Å²) in [6.45, 7) is 0. The van der Waals surface area contributed by atoms with Crippen molar-refractivity contribution in [3.63, 3.8) is 0 Å². The number of imide groups is 2. The molecule has 29 heavy (non-hydrogen) atoms. The van der Waals surface area contributed by atoms with Gasteiger partial charge in [0.1, 0.15) is 0 Å². The summed E-state index contributed by atoms with van der Waals surface area (Å²) in [4.78, 5) is 46.2. The van der Waals surface area contributed by atoms with Crippen LogP contribution in [0.15, 0.2) is 48.6 Å². The summed E-state index contributed by atoms with van der Waals surface area (Å²) in [5.74, 6) is -1.82. The molecular formula is C21H12Cl2N2O4. The fourth-order valence-electron chi connectivity index (χ4n) is 3.17. The van der Waals surface area contributed by atoms with Crippen LogP contribution < -0.4 is 10.6 Å². The van der Waals surface area contributed by atoms with E-state index in [0.717, 1.165) is 11.1 Å². The molecule has 0 saturated heterocycles. The van der Waals surface area contributed by atoms with Crippen molar-refractivity contribution in [1.29, 1.82) is 0 Å². The molecule has 4 rings (SSSR count). The van der Waals surface area contributed by atoms with Gasteiger partial charge in [-0.3, -0.25) is 29.8 Å². The van der Waals surface area contributed by atoms with Crippen LogP contribution in [0.25, 0.3) is 11.1 Å². The Morgan fingerprint density at radius 2 is 1.07 bits per heavy atom. The third kappa shape index (κ3) is 3.72. The predicted octanol–water partition coefficient (Wildman–Crippen LogP) is 2.66. The highest BCUT2D eigenvalue weighted by Gasteiger charge is 2.24. The van der Waals surface area contributed by atoms with Crippen molar-refractivity contribution < 1.29 is 19.2 Å². The number of carbonyl (C=O) groups is 4. The van der Waals surface area contributed by atoms with Gasteiger partial charge in [-0.05, 0) is 34.4 Å². The first-order valence-corrected chi connectivity index (χ1v) is 9.29. The first kappa shape index (κ1) is 19.1. The molecule has 0 saturated carbocycles. The third-order valence-electron chi connectivity index (χ3n) is 4.62. The van der Waals surface area contributed by atoms with Crippen LogP contribution in [-0.2, 0) is 25.6 Å². The first-order chi connectivity index (χ1) is 13.8. The Bertz CT molecular complexity index is 1090. The molecule has 0 atom stereocenters. The smallest absolute Gasteiger partial charge is 0.258 e. The molecule has 0 aromatic heterocycles. The second-order valence-electron chi connectivity index (χ2n) is 6.54. The van der Waals surface area contributed by atoms with Crippen molar-refractivity contribution in [3.8, 4) is 0 Å². The maximum Gasteiger partial charge on any atom is 0.258 e. The average molecular weight is 427 g/mol. The number of amides is 4. The Kier molecular flexibility index (Phi) is 4.82. The van der Waals surface area contributed by atoms with Crippen LogP contribution in [0.2, 0.25) is 10.0 Å². The molecule has 2 aliphatic heterocycles. The molecule has 2 aromatic carbocycles. The highest BCUT2D eigenvalue weighted by Crippen LogP contribution is 2.30. The molecule has 6 nitrogen and oxygen atoms in total. The Morgan fingerprint density at radius 1 is 0.655 bits per heavy atom. The van der Waals surface area contributed by atoms with E-state index >= 15 is 0 Å². The van der Waals surface area contributed by atoms with Gasteiger partial charge in [-0.1, -0.05) is 47.5 Å². The van der Waals surface area contributed by atoms with Gasteiger partial charge in [0.25, 0.3) is 23.6 Å². The van der Waals surface area contributed by atoms with Crippen LogP contribution in [0.4, 0.5) is 0 Å². The molecule has 0 spiro atoms. The van der Waals surface area contributed by atoms with E-state index in [0.29, 0.717) is 27.6 Å². The number of carbonyl (C=O) groups excluding carboxylic acids is 4. The van der Waals surface area contributed by atoms with Crippen LogP contribution in [0, 0.1) is 0 Å². The van der Waals surface area contributed by atoms with Crippen molar-refractivity contribution in [1.82, 2.24) is 10.6 Å². The normalized spacial score (nSPS) is 15.9. The van der Waals surface area contributed by atoms with Crippen LogP contribution in [-0.4, -0.2) is 23.6 Å². The molecule has 144 valence electrons. The van der Waals surface area contributed by atoms with E-state index in [-0.39, 0.29) is 11.1 Å². The Balaban J connectivity index is 1.58. The first-order valence-electron chi connectivity index (χ1n) is 8.53. The lowest BCUT2D eigenvalue weighted by atomic mass is 9.98. The van der Waals surface area contributed by atoms with Gasteiger partial charge in [-0.15, -0.1) is 0 Å². The zero-order valence-corrected chi connectivity index (χ0v) is 16.2. The summed E-state index contributed by atoms with van der Waals surface area (Å²) in [7, 11) is 0. The van der Waals surface area contributed by atoms with E-state index in [9.17, 15) is 19.2 Å². The van der Waals surface area contributed by atoms with Gasteiger partial charge in [-0.2, -0.15) is 0 Å². The van der Waals surface area contributed by atoms with Crippen molar-refractivity contribution >= 4 is 58.0 Å². The van der Waals surface area contributed by atoms with Gasteiger partial charge in [0, 0.05) is 28.6 Å². The summed E-state index contributed by atoms with van der Waals surface area (Å²) in [6, 6.07) is 10.2. The summed E-state index contributed by atoms with van der Waals surface area (Å²) in [6.07, 6.45) is 2.90. The van der Waals surface area contributed by atoms with Crippen molar-refractivity contribution in [3.05, 3.63) is 80.8 Å². The Morgan fingerprint density at radius 3 is 1.38 bits per heavy atom. The molecule has 0 bridgehead atoms. The van der Waals surface area contributed by atoms with Gasteiger partial charge < -0.3 is 0 Å². The maximum atomic E-state index is 11.8. The number of nitrogens with one attached hydrogen (secondary N) is 2. The Labute approximate surface area is 175 Å². The van der Waals surface area contributed by atoms with E-state index in [4.69, 9.17) is 23.2 Å². The van der Waals surface area contributed by atoms with Crippen LogP contribution in [0.3, 0.4) is 0 Å². The standard InChI is InChI=1S/C21H12Cl2N2O4/c22-16-6-10(14-8-18(26)24-20(14)28)1-3-12(16)5-13-4-2-11(7-17(13)23)15-9-19(27)25-21(15)29/h1-4,6-9H,5H2,(H,24,26,28)(H,25,27,29). The zero-order chi connectivity index (χ0) is 20.7. The lowest BCUT2D eigenvalue weighted by Gasteiger charge is -2.10. The van der Waals surface area contributed by atoms with Crippen molar-refractivity contribution in [2.24, 2.45) is 0 Å². The topological polar surface area (TPSA) is 92.3 Å². The minimum atomic E-state index is -0.457. The van der Waals surface area contributed by atoms with Gasteiger partial charge in [0.05, 0.1) is 11.1 Å². The summed E-state index contributed by atoms with van der Waals surface area (Å²) in [5, 5.41) is 5.25. The number of benzene rings is 2. The van der Waals surface area contributed by atoms with E-state index in [2.05, 4.69) is 10.6 Å². The number of halogens is 2. The second kappa shape index (κ2) is 7.31. The number of rotatable bonds is 4. The molecule has 2 aromatic rings. The van der Waals surface area contributed by atoms with Crippen LogP contribution in [0.5, 0.6) is 0 Å². The highest BCUT2D eigenvalue weighted by atomic mass is 35.5. The van der Waals surface area contributed by atoms with E-state index < -0.39 is 23.6 Å². The highest BCUT2D eigenvalue weighted by molar-refractivity contribution is 6.36. The fraction of sp³-hybridized carbons (Fsp3) is 0.0476. The SMILES string of the molecule is O=C1C=C(c2ccc(Cc3ccc(C4=CC(=O)NC4=O)cc3Cl)c(Cl)c2)C(=O)N1. The van der Waals surface area contributed by atoms with Crippen molar-refractivity contribution in [2.75, 3.05) is 0 Å². The van der Waals surface area contributed by atoms with E-state index in [1.54, 1.807) is 36.4 Å². The number of hydrogen-bond donors (Lipinski definition) is 2. The van der Waals surface area contributed by atoms with Crippen LogP contribution >= 0.6 is 23.2 Å². The molecule has 2 aliphatic rings. The minimum Gasteiger partial charge on any atom is -0.289 e. The predicted molar refractivity (Wildman–Crippen MR) is 108 cm³/mol. The lowest BCUT2D eigenvalue weighted by molar-refractivity contribution is -0.124. The van der Waals surface area contributed by atoms with Gasteiger partial charge in [0.2, 0.25) is 0 Å². The van der Waals surface area contributed by atoms with E-state index in [1.165, 1.54) is 12.2 Å². The summed E-state index contributed by atoms with van der Waals surface area (Å²) < 4.78 is 0. The fourth-order valence-corrected chi connectivity index (χ4v) is 3.67. The average Bonchev–Trinajstić information content (AvgIpc) is 3.18. The molecule has 0 fully saturated rings. The largest absolute Gasteiger partial charge is 0.289 e. The molecular weight excluding hydrogens is 415 g/mol. The molecule has 2 heterocycles. The molecule has 0 aliphatic carbocycles. The second-order valence-corrected chi connectivity index (χ2v) is 7.36. The third-order valence-corrected chi connectivity index (χ3v) is 5.33. The molecule has 0 radical (unpaired) electrons. The maximum absolute atomic E-state index is 11.8. The van der Waals surface area contributed by atoms with Gasteiger partial charge in [-0.25, -0.2) is 0 Å². The number of hydrogen-bond acceptors (Lipinski definition) is 4. The van der Waals surface area contributed by atoms with Gasteiger partial charge >= 0.3 is 0 Å². The monoisotopic (exact) mass is 426 g/mol. The summed E-state index contributed by atoms with van der Waals surface area (Å²) >= 11 is 12.8. The van der Waals surface area contributed by atoms with Crippen LogP contribution in [0.1, 0.15) is 22.3 Å². The zero-order valence-electron chi connectivity index (χ0n) is 14.7. The molecule has 4 amide bonds. The molecule has 8 heteroatoms. The molecule has 0 unspecified atom stereocenters. The lowest BCUT2D eigenvalue weighted by Crippen LogP contribution is -2.21. The summed E-state index contributed by atoms with van der Waals surface area (Å²) in [5.41, 5.74) is 3.19. The quantitative estimate of drug-likeness (QED) is 0.734. The Hall–Kier alpha value is -3.22. The minimum absolute atomic E-state index is 0.267. The van der Waals surface area contributed by atoms with Gasteiger partial charge in [0.15, 0.2) is 0 Å². The van der Waals surface area contributed by atoms with E-state index in [1.807, 2.05) is 0 Å². The van der Waals surface area contributed by atoms with Crippen molar-refractivity contribution in [2.45, 2.75) is 6.42 Å².